The van der Waals surface area contributed by atoms with Gasteiger partial charge in [0, 0.05) is 18.9 Å². The second-order valence-electron chi connectivity index (χ2n) is 7.24. The Hall–Kier alpha value is -1.14. The lowest BCUT2D eigenvalue weighted by Crippen LogP contribution is -2.49. The normalized spacial score (nSPS) is 12.4. The summed E-state index contributed by atoms with van der Waals surface area (Å²) in [4.78, 5) is 23.5. The predicted molar refractivity (Wildman–Crippen MR) is 88.4 cm³/mol. The van der Waals surface area contributed by atoms with E-state index in [1.807, 2.05) is 41.5 Å². The highest BCUT2D eigenvalue weighted by molar-refractivity contribution is 5.84. The summed E-state index contributed by atoms with van der Waals surface area (Å²) in [7, 11) is 0. The molecule has 0 aromatic carbocycles. The van der Waals surface area contributed by atoms with Crippen LogP contribution < -0.4 is 16.4 Å². The summed E-state index contributed by atoms with van der Waals surface area (Å²) in [5.41, 5.74) is 4.75. The molecule has 130 valence electrons. The summed E-state index contributed by atoms with van der Waals surface area (Å²) in [6.07, 6.45) is 1.13. The first-order valence-corrected chi connectivity index (χ1v) is 7.92. The molecular weight excluding hydrogens is 282 g/mol. The van der Waals surface area contributed by atoms with E-state index in [9.17, 15) is 9.59 Å². The number of hydrogen-bond acceptors (Lipinski definition) is 4. The summed E-state index contributed by atoms with van der Waals surface area (Å²) in [5.74, 6) is -0.257. The van der Waals surface area contributed by atoms with Crippen molar-refractivity contribution in [1.82, 2.24) is 10.6 Å². The van der Waals surface area contributed by atoms with Crippen LogP contribution in [0.15, 0.2) is 0 Å². The maximum Gasteiger partial charge on any atom is 0.221 e. The van der Waals surface area contributed by atoms with Crippen LogP contribution in [0, 0.1) is 0 Å². The minimum Gasteiger partial charge on any atom is -0.373 e. The predicted octanol–water partition coefficient (Wildman–Crippen LogP) is 1.33. The van der Waals surface area contributed by atoms with Crippen molar-refractivity contribution in [1.29, 1.82) is 0 Å². The fourth-order valence-corrected chi connectivity index (χ4v) is 1.89. The summed E-state index contributed by atoms with van der Waals surface area (Å²) < 4.78 is 5.84. The first kappa shape index (κ1) is 20.9. The molecule has 2 amide bonds. The van der Waals surface area contributed by atoms with Gasteiger partial charge in [-0.2, -0.15) is 0 Å². The average Bonchev–Trinajstić information content (AvgIpc) is 2.33. The number of rotatable bonds is 10. The van der Waals surface area contributed by atoms with Gasteiger partial charge in [0.2, 0.25) is 11.8 Å². The molecule has 0 spiro atoms. The van der Waals surface area contributed by atoms with Crippen molar-refractivity contribution in [2.24, 2.45) is 5.73 Å². The highest BCUT2D eigenvalue weighted by Gasteiger charge is 2.26. The number of carbonyl (C=O) groups excluding carboxylic acids is 2. The van der Waals surface area contributed by atoms with Crippen molar-refractivity contribution in [3.8, 4) is 0 Å². The Bertz CT molecular complexity index is 366. The van der Waals surface area contributed by atoms with Crippen molar-refractivity contribution in [2.45, 2.75) is 78.0 Å². The van der Waals surface area contributed by atoms with Gasteiger partial charge in [-0.1, -0.05) is 0 Å². The molecule has 0 aromatic heterocycles. The van der Waals surface area contributed by atoms with E-state index in [0.29, 0.717) is 13.2 Å². The fourth-order valence-electron chi connectivity index (χ4n) is 1.89. The Kier molecular flexibility index (Phi) is 8.63. The van der Waals surface area contributed by atoms with Crippen molar-refractivity contribution in [2.75, 3.05) is 13.2 Å². The fraction of sp³-hybridized carbons (Fsp3) is 0.875. The van der Waals surface area contributed by atoms with Crippen LogP contribution in [-0.4, -0.2) is 42.1 Å². The van der Waals surface area contributed by atoms with Crippen molar-refractivity contribution < 1.29 is 14.3 Å². The number of nitrogens with two attached hydrogens (primary N) is 1. The summed E-state index contributed by atoms with van der Waals surface area (Å²) in [6, 6.07) is 0.0881. The monoisotopic (exact) mass is 315 g/mol. The lowest BCUT2D eigenvalue weighted by atomic mass is 10.0. The second-order valence-corrected chi connectivity index (χ2v) is 7.24. The Labute approximate surface area is 134 Å². The summed E-state index contributed by atoms with van der Waals surface area (Å²) in [5, 5.41) is 5.67. The number of hydrogen-bond donors (Lipinski definition) is 3. The standard InChI is InChI=1S/C16H33N3O3/c1-12(2)18-13(20)7-8-14(21)19-15(3,4)11-22-16(5,6)9-10-17/h12H,7-11,17H2,1-6H3,(H,18,20)(H,19,21). The Morgan fingerprint density at radius 1 is 1.09 bits per heavy atom. The maximum absolute atomic E-state index is 11.9. The molecule has 0 bridgehead atoms. The van der Waals surface area contributed by atoms with Crippen molar-refractivity contribution in [3.05, 3.63) is 0 Å². The van der Waals surface area contributed by atoms with Gasteiger partial charge in [0.1, 0.15) is 0 Å². The zero-order valence-corrected chi connectivity index (χ0v) is 14.9. The molecule has 0 aliphatic rings. The summed E-state index contributed by atoms with van der Waals surface area (Å²) >= 11 is 0. The highest BCUT2D eigenvalue weighted by atomic mass is 16.5. The van der Waals surface area contributed by atoms with Gasteiger partial charge >= 0.3 is 0 Å². The Morgan fingerprint density at radius 3 is 2.14 bits per heavy atom. The van der Waals surface area contributed by atoms with Crippen LogP contribution in [0.4, 0.5) is 0 Å². The number of nitrogens with one attached hydrogen (secondary N) is 2. The van der Waals surface area contributed by atoms with E-state index in [4.69, 9.17) is 10.5 Å². The smallest absolute Gasteiger partial charge is 0.221 e. The van der Waals surface area contributed by atoms with E-state index >= 15 is 0 Å². The molecular formula is C16H33N3O3. The topological polar surface area (TPSA) is 93.5 Å². The molecule has 0 atom stereocenters. The number of amides is 2. The van der Waals surface area contributed by atoms with Gasteiger partial charge in [-0.25, -0.2) is 0 Å². The van der Waals surface area contributed by atoms with E-state index in [2.05, 4.69) is 10.6 Å². The molecule has 0 aromatic rings. The van der Waals surface area contributed by atoms with Crippen molar-refractivity contribution >= 4 is 11.8 Å². The quantitative estimate of drug-likeness (QED) is 0.567. The largest absolute Gasteiger partial charge is 0.373 e. The van der Waals surface area contributed by atoms with Crippen LogP contribution in [0.1, 0.15) is 60.8 Å². The van der Waals surface area contributed by atoms with Crippen LogP contribution >= 0.6 is 0 Å². The van der Waals surface area contributed by atoms with Gasteiger partial charge in [0.25, 0.3) is 0 Å². The molecule has 0 fully saturated rings. The molecule has 0 saturated carbocycles. The first-order valence-electron chi connectivity index (χ1n) is 7.92. The van der Waals surface area contributed by atoms with Crippen LogP contribution in [-0.2, 0) is 14.3 Å². The maximum atomic E-state index is 11.9. The molecule has 0 aliphatic heterocycles. The molecule has 0 rings (SSSR count). The van der Waals surface area contributed by atoms with Crippen LogP contribution in [0.5, 0.6) is 0 Å². The van der Waals surface area contributed by atoms with Gasteiger partial charge in [0.15, 0.2) is 0 Å². The third kappa shape index (κ3) is 10.6. The van der Waals surface area contributed by atoms with Crippen LogP contribution in [0.2, 0.25) is 0 Å². The average molecular weight is 315 g/mol. The zero-order chi connectivity index (χ0) is 17.4. The molecule has 0 saturated heterocycles. The van der Waals surface area contributed by atoms with Gasteiger partial charge < -0.3 is 21.1 Å². The second kappa shape index (κ2) is 9.10. The van der Waals surface area contributed by atoms with E-state index in [0.717, 1.165) is 6.42 Å². The lowest BCUT2D eigenvalue weighted by molar-refractivity contribution is -0.128. The SMILES string of the molecule is CC(C)NC(=O)CCC(=O)NC(C)(C)COC(C)(C)CCN. The zero-order valence-electron chi connectivity index (χ0n) is 14.9. The minimum absolute atomic E-state index is 0.0881. The Morgan fingerprint density at radius 2 is 1.64 bits per heavy atom. The molecule has 22 heavy (non-hydrogen) atoms. The Balaban J connectivity index is 4.18. The third-order valence-electron chi connectivity index (χ3n) is 3.08. The molecule has 4 N–H and O–H groups in total. The van der Waals surface area contributed by atoms with Crippen LogP contribution in [0.3, 0.4) is 0 Å². The summed E-state index contributed by atoms with van der Waals surface area (Å²) in [6.45, 7) is 12.5. The molecule has 0 radical (unpaired) electrons. The van der Waals surface area contributed by atoms with E-state index in [1.165, 1.54) is 0 Å². The molecule has 0 aliphatic carbocycles. The van der Waals surface area contributed by atoms with E-state index in [-0.39, 0.29) is 36.3 Å². The number of ether oxygens (including phenoxy) is 1. The number of carbonyl (C=O) groups is 2. The van der Waals surface area contributed by atoms with Gasteiger partial charge in [-0.05, 0) is 54.5 Å². The van der Waals surface area contributed by atoms with E-state index < -0.39 is 5.54 Å². The molecule has 6 heteroatoms. The minimum atomic E-state index is -0.489. The highest BCUT2D eigenvalue weighted by Crippen LogP contribution is 2.16. The van der Waals surface area contributed by atoms with Crippen LogP contribution in [0.25, 0.3) is 0 Å². The van der Waals surface area contributed by atoms with Gasteiger partial charge in [-0.15, -0.1) is 0 Å². The van der Waals surface area contributed by atoms with Crippen molar-refractivity contribution in [3.63, 3.8) is 0 Å². The van der Waals surface area contributed by atoms with Gasteiger partial charge in [-0.3, -0.25) is 9.59 Å². The lowest BCUT2D eigenvalue weighted by Gasteiger charge is -2.32. The third-order valence-corrected chi connectivity index (χ3v) is 3.08. The molecule has 0 unspecified atom stereocenters. The first-order chi connectivity index (χ1) is 9.97. The van der Waals surface area contributed by atoms with Gasteiger partial charge in [0.05, 0.1) is 17.7 Å². The van der Waals surface area contributed by atoms with E-state index in [1.54, 1.807) is 0 Å². The molecule has 0 heterocycles. The molecule has 6 nitrogen and oxygen atoms in total.